The number of rotatable bonds is 7. The van der Waals surface area contributed by atoms with Crippen molar-refractivity contribution in [2.24, 2.45) is 0 Å². The Morgan fingerprint density at radius 1 is 1.12 bits per heavy atom. The van der Waals surface area contributed by atoms with E-state index >= 15 is 0 Å². The largest absolute Gasteiger partial charge is 0.491 e. The summed E-state index contributed by atoms with van der Waals surface area (Å²) >= 11 is 11.8. The van der Waals surface area contributed by atoms with Crippen LogP contribution in [0.4, 0.5) is 4.79 Å². The van der Waals surface area contributed by atoms with Crippen LogP contribution >= 0.6 is 23.2 Å². The summed E-state index contributed by atoms with van der Waals surface area (Å²) in [7, 11) is 0. The van der Waals surface area contributed by atoms with Gasteiger partial charge in [-0.2, -0.15) is 0 Å². The first-order chi connectivity index (χ1) is 12.3. The fourth-order valence-electron chi connectivity index (χ4n) is 2.32. The summed E-state index contributed by atoms with van der Waals surface area (Å²) in [5, 5.41) is 16.4. The molecule has 5 nitrogen and oxygen atoms in total. The maximum absolute atomic E-state index is 11.9. The lowest BCUT2D eigenvalue weighted by molar-refractivity contribution is 0.173. The van der Waals surface area contributed by atoms with Crippen LogP contribution < -0.4 is 15.4 Å². The monoisotopic (exact) mass is 396 g/mol. The normalized spacial score (nSPS) is 11.9. The Morgan fingerprint density at radius 2 is 1.81 bits per heavy atom. The van der Waals surface area contributed by atoms with Crippen LogP contribution in [0, 0.1) is 0 Å². The van der Waals surface area contributed by atoms with Crippen LogP contribution in [0.2, 0.25) is 10.0 Å². The van der Waals surface area contributed by atoms with Crippen LogP contribution in [0.5, 0.6) is 5.75 Å². The minimum atomic E-state index is -0.903. The molecule has 3 N–H and O–H groups in total. The molecule has 0 aliphatic heterocycles. The van der Waals surface area contributed by atoms with Crippen molar-refractivity contribution in [2.75, 3.05) is 6.54 Å². The molecule has 0 fully saturated rings. The second-order valence-electron chi connectivity index (χ2n) is 6.10. The highest BCUT2D eigenvalue weighted by molar-refractivity contribution is 6.34. The van der Waals surface area contributed by atoms with Crippen LogP contribution in [-0.4, -0.2) is 23.8 Å². The van der Waals surface area contributed by atoms with Crippen molar-refractivity contribution < 1.29 is 14.6 Å². The average molecular weight is 397 g/mol. The summed E-state index contributed by atoms with van der Waals surface area (Å²) in [6.07, 6.45) is -0.817. The van der Waals surface area contributed by atoms with Gasteiger partial charge in [-0.3, -0.25) is 0 Å². The predicted molar refractivity (Wildman–Crippen MR) is 104 cm³/mol. The van der Waals surface area contributed by atoms with Gasteiger partial charge in [-0.05, 0) is 55.3 Å². The van der Waals surface area contributed by atoms with Gasteiger partial charge in [-0.15, -0.1) is 0 Å². The number of halogens is 2. The van der Waals surface area contributed by atoms with Crippen molar-refractivity contribution >= 4 is 29.2 Å². The zero-order valence-electron chi connectivity index (χ0n) is 14.6. The lowest BCUT2D eigenvalue weighted by Gasteiger charge is -2.14. The molecule has 0 aliphatic rings. The van der Waals surface area contributed by atoms with E-state index in [1.807, 2.05) is 38.1 Å². The van der Waals surface area contributed by atoms with E-state index in [-0.39, 0.29) is 18.7 Å². The Bertz CT molecular complexity index is 733. The molecular weight excluding hydrogens is 375 g/mol. The number of benzene rings is 2. The minimum absolute atomic E-state index is 0.0407. The van der Waals surface area contributed by atoms with Gasteiger partial charge < -0.3 is 20.5 Å². The van der Waals surface area contributed by atoms with Crippen LogP contribution in [0.15, 0.2) is 42.5 Å². The summed E-state index contributed by atoms with van der Waals surface area (Å²) in [4.78, 5) is 11.9. The Balaban J connectivity index is 1.81. The number of aliphatic hydroxyl groups is 1. The van der Waals surface area contributed by atoms with Crippen LogP contribution in [0.3, 0.4) is 0 Å². The Labute approximate surface area is 163 Å². The summed E-state index contributed by atoms with van der Waals surface area (Å²) in [5.41, 5.74) is 1.46. The molecule has 140 valence electrons. The number of hydrogen-bond donors (Lipinski definition) is 3. The van der Waals surface area contributed by atoms with Crippen LogP contribution in [0.25, 0.3) is 0 Å². The minimum Gasteiger partial charge on any atom is -0.491 e. The van der Waals surface area contributed by atoms with Gasteiger partial charge in [-0.25, -0.2) is 4.79 Å². The molecule has 7 heteroatoms. The first kappa shape index (κ1) is 20.4. The zero-order valence-corrected chi connectivity index (χ0v) is 16.1. The lowest BCUT2D eigenvalue weighted by Crippen LogP contribution is -2.37. The van der Waals surface area contributed by atoms with Crippen molar-refractivity contribution in [1.29, 1.82) is 0 Å². The highest BCUT2D eigenvalue weighted by Gasteiger charge is 2.11. The van der Waals surface area contributed by atoms with Gasteiger partial charge in [0.15, 0.2) is 0 Å². The molecule has 0 spiro atoms. The number of urea groups is 1. The second kappa shape index (κ2) is 9.67. The first-order valence-electron chi connectivity index (χ1n) is 8.25. The fraction of sp³-hybridized carbons (Fsp3) is 0.316. The molecular formula is C19H22Cl2N2O3. The molecule has 0 radical (unpaired) electrons. The molecule has 2 aromatic carbocycles. The molecule has 0 saturated heterocycles. The molecule has 0 aromatic heterocycles. The summed E-state index contributed by atoms with van der Waals surface area (Å²) in [6, 6.07) is 11.9. The standard InChI is InChI=1S/C19H22Cl2N2O3/c1-12(2)26-17-5-3-4-13(6-17)10-22-19(25)23-11-18(24)14-7-15(20)9-16(21)8-14/h3-9,12,18,24H,10-11H2,1-2H3,(H2,22,23,25). The van der Waals surface area contributed by atoms with Gasteiger partial charge in [0.05, 0.1) is 12.2 Å². The quantitative estimate of drug-likeness (QED) is 0.652. The van der Waals surface area contributed by atoms with Crippen molar-refractivity contribution in [3.63, 3.8) is 0 Å². The Morgan fingerprint density at radius 3 is 2.46 bits per heavy atom. The highest BCUT2D eigenvalue weighted by atomic mass is 35.5. The van der Waals surface area contributed by atoms with E-state index in [0.29, 0.717) is 22.2 Å². The summed E-state index contributed by atoms with van der Waals surface area (Å²) < 4.78 is 5.63. The van der Waals surface area contributed by atoms with E-state index in [9.17, 15) is 9.90 Å². The van der Waals surface area contributed by atoms with Crippen molar-refractivity contribution in [3.8, 4) is 5.75 Å². The lowest BCUT2D eigenvalue weighted by atomic mass is 10.1. The number of aliphatic hydroxyl groups excluding tert-OH is 1. The van der Waals surface area contributed by atoms with Gasteiger partial charge in [0.1, 0.15) is 5.75 Å². The van der Waals surface area contributed by atoms with Gasteiger partial charge in [0.2, 0.25) is 0 Å². The maximum atomic E-state index is 11.9. The number of nitrogens with one attached hydrogen (secondary N) is 2. The molecule has 0 heterocycles. The number of carbonyl (C=O) groups is 1. The van der Waals surface area contributed by atoms with Gasteiger partial charge in [0, 0.05) is 23.1 Å². The number of hydrogen-bond acceptors (Lipinski definition) is 3. The molecule has 0 bridgehead atoms. The van der Waals surface area contributed by atoms with E-state index in [1.165, 1.54) is 0 Å². The van der Waals surface area contributed by atoms with E-state index < -0.39 is 6.10 Å². The smallest absolute Gasteiger partial charge is 0.315 e. The third-order valence-electron chi connectivity index (χ3n) is 3.45. The van der Waals surface area contributed by atoms with Crippen molar-refractivity contribution in [1.82, 2.24) is 10.6 Å². The molecule has 1 unspecified atom stereocenters. The van der Waals surface area contributed by atoms with Crippen molar-refractivity contribution in [2.45, 2.75) is 32.6 Å². The fourth-order valence-corrected chi connectivity index (χ4v) is 2.86. The molecule has 2 aromatic rings. The predicted octanol–water partition coefficient (Wildman–Crippen LogP) is 4.31. The Hall–Kier alpha value is -1.95. The number of carbonyl (C=O) groups excluding carboxylic acids is 1. The SMILES string of the molecule is CC(C)Oc1cccc(CNC(=O)NCC(O)c2cc(Cl)cc(Cl)c2)c1. The molecule has 0 aliphatic carbocycles. The second-order valence-corrected chi connectivity index (χ2v) is 6.97. The van der Waals surface area contributed by atoms with Crippen LogP contribution in [-0.2, 0) is 6.54 Å². The van der Waals surface area contributed by atoms with Gasteiger partial charge in [0.25, 0.3) is 0 Å². The Kier molecular flexibility index (Phi) is 7.57. The number of ether oxygens (including phenoxy) is 1. The molecule has 0 saturated carbocycles. The third-order valence-corrected chi connectivity index (χ3v) is 3.89. The molecule has 26 heavy (non-hydrogen) atoms. The zero-order chi connectivity index (χ0) is 19.1. The van der Waals surface area contributed by atoms with Crippen molar-refractivity contribution in [3.05, 3.63) is 63.6 Å². The van der Waals surface area contributed by atoms with Gasteiger partial charge >= 0.3 is 6.03 Å². The van der Waals surface area contributed by atoms with Crippen LogP contribution in [0.1, 0.15) is 31.1 Å². The molecule has 2 amide bonds. The third kappa shape index (κ3) is 6.75. The highest BCUT2D eigenvalue weighted by Crippen LogP contribution is 2.23. The summed E-state index contributed by atoms with van der Waals surface area (Å²) in [5.74, 6) is 0.757. The average Bonchev–Trinajstić information content (AvgIpc) is 2.56. The first-order valence-corrected chi connectivity index (χ1v) is 9.00. The van der Waals surface area contributed by atoms with E-state index in [4.69, 9.17) is 27.9 Å². The topological polar surface area (TPSA) is 70.6 Å². The van der Waals surface area contributed by atoms with Gasteiger partial charge in [-0.1, -0.05) is 35.3 Å². The summed E-state index contributed by atoms with van der Waals surface area (Å²) in [6.45, 7) is 4.30. The van der Waals surface area contributed by atoms with E-state index in [2.05, 4.69) is 10.6 Å². The molecule has 2 rings (SSSR count). The van der Waals surface area contributed by atoms with E-state index in [0.717, 1.165) is 11.3 Å². The maximum Gasteiger partial charge on any atom is 0.315 e. The molecule has 1 atom stereocenters. The van der Waals surface area contributed by atoms with E-state index in [1.54, 1.807) is 18.2 Å². The number of amides is 2.